The number of benzene rings is 1. The van der Waals surface area contributed by atoms with E-state index in [0.29, 0.717) is 0 Å². The number of alkyl halides is 3. The molecule has 2 heterocycles. The molecule has 3 rings (SSSR count). The van der Waals surface area contributed by atoms with Gasteiger partial charge in [0, 0.05) is 25.2 Å². The van der Waals surface area contributed by atoms with Crippen molar-refractivity contribution in [2.75, 3.05) is 13.1 Å². The number of carbonyl (C=O) groups excluding carboxylic acids is 1. The Morgan fingerprint density at radius 2 is 1.77 bits per heavy atom. The lowest BCUT2D eigenvalue weighted by Gasteiger charge is -2.17. The van der Waals surface area contributed by atoms with Crippen LogP contribution in [0.2, 0.25) is 0 Å². The second kappa shape index (κ2) is 6.78. The molecular formula is C18H15F3N2O3. The number of amides is 1. The first-order chi connectivity index (χ1) is 12.3. The molecule has 0 bridgehead atoms. The van der Waals surface area contributed by atoms with Gasteiger partial charge in [0.25, 0.3) is 5.91 Å². The summed E-state index contributed by atoms with van der Waals surface area (Å²) in [6.45, 7) is 0.176. The smallest absolute Gasteiger partial charge is 0.433 e. The molecule has 26 heavy (non-hydrogen) atoms. The molecule has 8 heteroatoms. The zero-order valence-electron chi connectivity index (χ0n) is 13.5. The van der Waals surface area contributed by atoms with Crippen LogP contribution >= 0.6 is 0 Å². The number of aromatic nitrogens is 1. The number of carboxylic acid groups (broad SMARTS) is 1. The molecular weight excluding hydrogens is 349 g/mol. The molecule has 1 saturated heterocycles. The zero-order chi connectivity index (χ0) is 18.9. The van der Waals surface area contributed by atoms with Gasteiger partial charge >= 0.3 is 12.1 Å². The van der Waals surface area contributed by atoms with Crippen molar-refractivity contribution >= 4 is 11.9 Å². The SMILES string of the molecule is O=C(O)[C@@H]1CN(C(=O)c2ccc(C(F)(F)F)nc2)C[C@H]1c1ccccc1. The van der Waals surface area contributed by atoms with E-state index in [1.807, 2.05) is 6.07 Å². The third-order valence-corrected chi connectivity index (χ3v) is 4.45. The molecule has 1 aromatic carbocycles. The molecule has 136 valence electrons. The number of likely N-dealkylation sites (tertiary alicyclic amines) is 1. The first kappa shape index (κ1) is 17.9. The normalized spacial score (nSPS) is 20.2. The van der Waals surface area contributed by atoms with Gasteiger partial charge in [-0.25, -0.2) is 0 Å². The highest BCUT2D eigenvalue weighted by Crippen LogP contribution is 2.34. The van der Waals surface area contributed by atoms with E-state index in [0.717, 1.165) is 23.9 Å². The molecule has 0 saturated carbocycles. The van der Waals surface area contributed by atoms with Gasteiger partial charge in [-0.05, 0) is 17.7 Å². The van der Waals surface area contributed by atoms with Crippen molar-refractivity contribution in [1.82, 2.24) is 9.88 Å². The van der Waals surface area contributed by atoms with E-state index < -0.39 is 29.7 Å². The number of aliphatic carboxylic acids is 1. The maximum atomic E-state index is 12.6. The molecule has 0 unspecified atom stereocenters. The first-order valence-electron chi connectivity index (χ1n) is 7.87. The molecule has 0 spiro atoms. The summed E-state index contributed by atoms with van der Waals surface area (Å²) in [4.78, 5) is 28.8. The largest absolute Gasteiger partial charge is 0.481 e. The summed E-state index contributed by atoms with van der Waals surface area (Å²) in [5.74, 6) is -2.69. The lowest BCUT2D eigenvalue weighted by Crippen LogP contribution is -2.30. The third kappa shape index (κ3) is 3.54. The van der Waals surface area contributed by atoms with Crippen LogP contribution in [0.1, 0.15) is 27.5 Å². The highest BCUT2D eigenvalue weighted by molar-refractivity contribution is 5.94. The minimum absolute atomic E-state index is 0.00384. The molecule has 1 amide bonds. The van der Waals surface area contributed by atoms with Gasteiger partial charge in [0.1, 0.15) is 5.69 Å². The van der Waals surface area contributed by atoms with Gasteiger partial charge < -0.3 is 10.0 Å². The predicted octanol–water partition coefficient (Wildman–Crippen LogP) is 3.04. The van der Waals surface area contributed by atoms with Crippen molar-refractivity contribution in [1.29, 1.82) is 0 Å². The van der Waals surface area contributed by atoms with Crippen molar-refractivity contribution in [2.45, 2.75) is 12.1 Å². The summed E-state index contributed by atoms with van der Waals surface area (Å²) >= 11 is 0. The van der Waals surface area contributed by atoms with Gasteiger partial charge in [-0.2, -0.15) is 13.2 Å². The number of pyridine rings is 1. The van der Waals surface area contributed by atoms with E-state index in [-0.39, 0.29) is 24.6 Å². The summed E-state index contributed by atoms with van der Waals surface area (Å²) in [6.07, 6.45) is -3.71. The standard InChI is InChI=1S/C18H15F3N2O3/c19-18(20,21)15-7-6-12(8-22-15)16(24)23-9-13(14(10-23)17(25)26)11-4-2-1-3-5-11/h1-8,13-14H,9-10H2,(H,25,26)/t13-,14+/m0/s1. The van der Waals surface area contributed by atoms with Crippen LogP contribution in [0.4, 0.5) is 13.2 Å². The fourth-order valence-electron chi connectivity index (χ4n) is 3.13. The molecule has 1 aromatic heterocycles. The summed E-state index contributed by atoms with van der Waals surface area (Å²) in [7, 11) is 0. The van der Waals surface area contributed by atoms with Gasteiger partial charge in [-0.1, -0.05) is 30.3 Å². The second-order valence-electron chi connectivity index (χ2n) is 6.10. The molecule has 2 aromatic rings. The number of halogens is 3. The number of hydrogen-bond acceptors (Lipinski definition) is 3. The number of nitrogens with zero attached hydrogens (tertiary/aromatic N) is 2. The topological polar surface area (TPSA) is 70.5 Å². The van der Waals surface area contributed by atoms with E-state index in [4.69, 9.17) is 0 Å². The molecule has 0 aliphatic carbocycles. The lowest BCUT2D eigenvalue weighted by atomic mass is 9.89. The highest BCUT2D eigenvalue weighted by atomic mass is 19.4. The molecule has 1 aliphatic heterocycles. The third-order valence-electron chi connectivity index (χ3n) is 4.45. The fourth-order valence-corrected chi connectivity index (χ4v) is 3.13. The van der Waals surface area contributed by atoms with Crippen LogP contribution in [-0.4, -0.2) is 40.0 Å². The van der Waals surface area contributed by atoms with E-state index in [2.05, 4.69) is 4.98 Å². The molecule has 1 fully saturated rings. The zero-order valence-corrected chi connectivity index (χ0v) is 13.5. The quantitative estimate of drug-likeness (QED) is 0.909. The van der Waals surface area contributed by atoms with Crippen molar-refractivity contribution in [3.05, 3.63) is 65.5 Å². The van der Waals surface area contributed by atoms with Gasteiger partial charge in [0.15, 0.2) is 0 Å². The number of hydrogen-bond donors (Lipinski definition) is 1. The summed E-state index contributed by atoms with van der Waals surface area (Å²) in [5.41, 5.74) is -0.280. The van der Waals surface area contributed by atoms with Gasteiger partial charge in [-0.15, -0.1) is 0 Å². The Bertz CT molecular complexity index is 807. The van der Waals surface area contributed by atoms with Crippen molar-refractivity contribution in [2.24, 2.45) is 5.92 Å². The average Bonchev–Trinajstić information content (AvgIpc) is 3.07. The fraction of sp³-hybridized carbons (Fsp3) is 0.278. The van der Waals surface area contributed by atoms with E-state index in [9.17, 15) is 27.9 Å². The van der Waals surface area contributed by atoms with Crippen molar-refractivity contribution in [3.8, 4) is 0 Å². The lowest BCUT2D eigenvalue weighted by molar-refractivity contribution is -0.142. The van der Waals surface area contributed by atoms with Crippen LogP contribution in [0.15, 0.2) is 48.7 Å². The Balaban J connectivity index is 1.81. The van der Waals surface area contributed by atoms with Crippen LogP contribution in [0.25, 0.3) is 0 Å². The molecule has 5 nitrogen and oxygen atoms in total. The van der Waals surface area contributed by atoms with Gasteiger partial charge in [0.2, 0.25) is 0 Å². The Morgan fingerprint density at radius 3 is 2.31 bits per heavy atom. The van der Waals surface area contributed by atoms with Gasteiger partial charge in [0.05, 0.1) is 11.5 Å². The maximum absolute atomic E-state index is 12.6. The Hall–Kier alpha value is -2.90. The maximum Gasteiger partial charge on any atom is 0.433 e. The Labute approximate surface area is 147 Å². The minimum atomic E-state index is -4.58. The molecule has 1 N–H and O–H groups in total. The first-order valence-corrected chi connectivity index (χ1v) is 7.87. The second-order valence-corrected chi connectivity index (χ2v) is 6.10. The molecule has 2 atom stereocenters. The van der Waals surface area contributed by atoms with Crippen LogP contribution in [0.5, 0.6) is 0 Å². The average molecular weight is 364 g/mol. The Kier molecular flexibility index (Phi) is 4.67. The van der Waals surface area contributed by atoms with Crippen molar-refractivity contribution < 1.29 is 27.9 Å². The summed E-state index contributed by atoms with van der Waals surface area (Å²) < 4.78 is 37.7. The minimum Gasteiger partial charge on any atom is -0.481 e. The summed E-state index contributed by atoms with van der Waals surface area (Å²) in [5, 5.41) is 9.47. The number of carbonyl (C=O) groups is 2. The van der Waals surface area contributed by atoms with Crippen LogP contribution in [0, 0.1) is 5.92 Å². The highest BCUT2D eigenvalue weighted by Gasteiger charge is 2.41. The molecule has 1 aliphatic rings. The Morgan fingerprint density at radius 1 is 1.08 bits per heavy atom. The predicted molar refractivity (Wildman–Crippen MR) is 85.5 cm³/mol. The number of carboxylic acids is 1. The van der Waals surface area contributed by atoms with E-state index in [1.165, 1.54) is 4.90 Å². The van der Waals surface area contributed by atoms with Crippen LogP contribution in [-0.2, 0) is 11.0 Å². The van der Waals surface area contributed by atoms with E-state index in [1.54, 1.807) is 24.3 Å². The number of rotatable bonds is 3. The summed E-state index contributed by atoms with van der Waals surface area (Å²) in [6, 6.07) is 10.8. The van der Waals surface area contributed by atoms with Crippen LogP contribution in [0.3, 0.4) is 0 Å². The van der Waals surface area contributed by atoms with Gasteiger partial charge in [-0.3, -0.25) is 14.6 Å². The molecule has 0 radical (unpaired) electrons. The van der Waals surface area contributed by atoms with Crippen LogP contribution < -0.4 is 0 Å². The van der Waals surface area contributed by atoms with Crippen molar-refractivity contribution in [3.63, 3.8) is 0 Å². The van der Waals surface area contributed by atoms with E-state index >= 15 is 0 Å². The monoisotopic (exact) mass is 364 g/mol.